The number of benzene rings is 1. The molecule has 0 radical (unpaired) electrons. The van der Waals surface area contributed by atoms with E-state index in [0.29, 0.717) is 34.9 Å². The van der Waals surface area contributed by atoms with Crippen molar-refractivity contribution in [3.05, 3.63) is 54.3 Å². The lowest BCUT2D eigenvalue weighted by molar-refractivity contribution is -0.126. The summed E-state index contributed by atoms with van der Waals surface area (Å²) in [5.41, 5.74) is 1.20. The van der Waals surface area contributed by atoms with Crippen molar-refractivity contribution < 1.29 is 14.0 Å². The highest BCUT2D eigenvalue weighted by Crippen LogP contribution is 2.25. The molecule has 6 nitrogen and oxygen atoms in total. The van der Waals surface area contributed by atoms with E-state index >= 15 is 0 Å². The molecule has 1 aromatic carbocycles. The van der Waals surface area contributed by atoms with Gasteiger partial charge in [0, 0.05) is 23.9 Å². The minimum Gasteiger partial charge on any atom is -0.355 e. The number of carbonyl (C=O) groups excluding carboxylic acids is 2. The SMILES string of the molecule is C/C=C\C(=C/N(C=O)CC(=O)NCC)c1nsc(-c2cccc(F)c2)n1. The number of amides is 2. The van der Waals surface area contributed by atoms with Crippen LogP contribution in [0.25, 0.3) is 16.1 Å². The van der Waals surface area contributed by atoms with Crippen LogP contribution in [0.3, 0.4) is 0 Å². The summed E-state index contributed by atoms with van der Waals surface area (Å²) in [5, 5.41) is 3.20. The maximum Gasteiger partial charge on any atom is 0.240 e. The minimum atomic E-state index is -0.350. The molecule has 1 heterocycles. The summed E-state index contributed by atoms with van der Waals surface area (Å²) in [4.78, 5) is 28.6. The van der Waals surface area contributed by atoms with Gasteiger partial charge >= 0.3 is 0 Å². The topological polar surface area (TPSA) is 75.2 Å². The first-order valence-electron chi connectivity index (χ1n) is 7.99. The van der Waals surface area contributed by atoms with Crippen LogP contribution < -0.4 is 5.32 Å². The van der Waals surface area contributed by atoms with Gasteiger partial charge in [0.1, 0.15) is 17.4 Å². The van der Waals surface area contributed by atoms with Crippen LogP contribution in [0.4, 0.5) is 4.39 Å². The van der Waals surface area contributed by atoms with Crippen molar-refractivity contribution in [2.75, 3.05) is 13.1 Å². The number of allylic oxidation sites excluding steroid dienone is 3. The molecule has 0 aliphatic heterocycles. The number of likely N-dealkylation sites (N-methyl/N-ethyl adjacent to an activating group) is 1. The number of halogens is 1. The molecule has 0 aliphatic rings. The largest absolute Gasteiger partial charge is 0.355 e. The molecule has 26 heavy (non-hydrogen) atoms. The molecule has 0 saturated carbocycles. The number of hydrogen-bond donors (Lipinski definition) is 1. The van der Waals surface area contributed by atoms with Gasteiger partial charge in [0.15, 0.2) is 5.82 Å². The zero-order valence-corrected chi connectivity index (χ0v) is 15.3. The Labute approximate surface area is 155 Å². The van der Waals surface area contributed by atoms with Crippen LogP contribution in [0.1, 0.15) is 19.7 Å². The number of nitrogens with zero attached hydrogens (tertiary/aromatic N) is 3. The van der Waals surface area contributed by atoms with Gasteiger partial charge in [0.2, 0.25) is 12.3 Å². The second-order valence-corrected chi connectivity index (χ2v) is 6.00. The molecule has 1 aromatic heterocycles. The Morgan fingerprint density at radius 2 is 2.23 bits per heavy atom. The lowest BCUT2D eigenvalue weighted by Gasteiger charge is -2.12. The van der Waals surface area contributed by atoms with Crippen molar-refractivity contribution >= 4 is 29.4 Å². The summed E-state index contributed by atoms with van der Waals surface area (Å²) in [5.74, 6) is -0.213. The van der Waals surface area contributed by atoms with E-state index in [1.54, 1.807) is 31.2 Å². The van der Waals surface area contributed by atoms with Gasteiger partial charge in [-0.15, -0.1) is 0 Å². The standard InChI is InChI=1S/C18H19FN4O2S/c1-3-6-14(10-23(12-24)11-16(25)20-4-2)17-21-18(26-22-17)13-7-5-8-15(19)9-13/h3,5-10,12H,4,11H2,1-2H3,(H,20,25)/b6-3-,14-10+. The second-order valence-electron chi connectivity index (χ2n) is 5.25. The summed E-state index contributed by atoms with van der Waals surface area (Å²) in [7, 11) is 0. The highest BCUT2D eigenvalue weighted by molar-refractivity contribution is 7.09. The minimum absolute atomic E-state index is 0.0979. The lowest BCUT2D eigenvalue weighted by atomic mass is 10.2. The first kappa shape index (κ1) is 19.5. The maximum atomic E-state index is 13.4. The van der Waals surface area contributed by atoms with Crippen LogP contribution in [-0.4, -0.2) is 39.7 Å². The first-order valence-corrected chi connectivity index (χ1v) is 8.77. The molecule has 136 valence electrons. The van der Waals surface area contributed by atoms with E-state index in [1.165, 1.54) is 23.2 Å². The number of aromatic nitrogens is 2. The zero-order chi connectivity index (χ0) is 18.9. The molecule has 2 aromatic rings. The Hall–Kier alpha value is -2.87. The molecular weight excluding hydrogens is 355 g/mol. The average Bonchev–Trinajstić information content (AvgIpc) is 3.11. The third-order valence-corrected chi connectivity index (χ3v) is 4.01. The van der Waals surface area contributed by atoms with Crippen molar-refractivity contribution in [2.45, 2.75) is 13.8 Å². The molecule has 0 saturated heterocycles. The van der Waals surface area contributed by atoms with Crippen molar-refractivity contribution in [3.63, 3.8) is 0 Å². The average molecular weight is 374 g/mol. The molecule has 8 heteroatoms. The molecule has 0 atom stereocenters. The van der Waals surface area contributed by atoms with Crippen molar-refractivity contribution in [3.8, 4) is 10.6 Å². The van der Waals surface area contributed by atoms with Gasteiger partial charge in [-0.2, -0.15) is 4.37 Å². The maximum absolute atomic E-state index is 13.4. The Kier molecular flexibility index (Phi) is 7.16. The van der Waals surface area contributed by atoms with Gasteiger partial charge in [-0.1, -0.05) is 24.3 Å². The van der Waals surface area contributed by atoms with Gasteiger partial charge in [0.25, 0.3) is 0 Å². The van der Waals surface area contributed by atoms with Gasteiger partial charge in [0.05, 0.1) is 0 Å². The third-order valence-electron chi connectivity index (χ3n) is 3.24. The van der Waals surface area contributed by atoms with Crippen molar-refractivity contribution in [1.29, 1.82) is 0 Å². The Morgan fingerprint density at radius 3 is 2.88 bits per heavy atom. The van der Waals surface area contributed by atoms with Gasteiger partial charge in [-0.3, -0.25) is 9.59 Å². The summed E-state index contributed by atoms with van der Waals surface area (Å²) in [6, 6.07) is 6.10. The summed E-state index contributed by atoms with van der Waals surface area (Å²) in [6.45, 7) is 4.01. The fraction of sp³-hybridized carbons (Fsp3) is 0.222. The highest BCUT2D eigenvalue weighted by Gasteiger charge is 2.12. The fourth-order valence-electron chi connectivity index (χ4n) is 2.15. The van der Waals surface area contributed by atoms with Crippen LogP contribution in [-0.2, 0) is 9.59 Å². The monoisotopic (exact) mass is 374 g/mol. The van der Waals surface area contributed by atoms with E-state index in [-0.39, 0.29) is 18.3 Å². The Balaban J connectivity index is 2.29. The molecule has 0 bridgehead atoms. The molecule has 0 unspecified atom stereocenters. The molecule has 0 spiro atoms. The molecule has 2 rings (SSSR count). The number of rotatable bonds is 8. The van der Waals surface area contributed by atoms with E-state index in [9.17, 15) is 14.0 Å². The predicted molar refractivity (Wildman–Crippen MR) is 99.5 cm³/mol. The summed E-state index contributed by atoms with van der Waals surface area (Å²) >= 11 is 1.13. The van der Waals surface area contributed by atoms with Crippen LogP contribution in [0.2, 0.25) is 0 Å². The molecule has 0 fully saturated rings. The molecule has 2 amide bonds. The van der Waals surface area contributed by atoms with E-state index in [0.717, 1.165) is 11.5 Å². The van der Waals surface area contributed by atoms with Gasteiger partial charge in [-0.25, -0.2) is 9.37 Å². The number of carbonyl (C=O) groups is 2. The van der Waals surface area contributed by atoms with Gasteiger partial charge in [-0.05, 0) is 37.5 Å². The smallest absolute Gasteiger partial charge is 0.240 e. The fourth-order valence-corrected chi connectivity index (χ4v) is 2.82. The normalized spacial score (nSPS) is 11.6. The second kappa shape index (κ2) is 9.57. The van der Waals surface area contributed by atoms with E-state index in [4.69, 9.17) is 0 Å². The summed E-state index contributed by atoms with van der Waals surface area (Å²) in [6.07, 6.45) is 5.60. The molecule has 0 aliphatic carbocycles. The zero-order valence-electron chi connectivity index (χ0n) is 14.5. The number of hydrogen-bond acceptors (Lipinski definition) is 5. The first-order chi connectivity index (χ1) is 12.6. The Bertz CT molecular complexity index is 832. The van der Waals surface area contributed by atoms with Crippen LogP contribution in [0.15, 0.2) is 42.6 Å². The van der Waals surface area contributed by atoms with E-state index < -0.39 is 0 Å². The van der Waals surface area contributed by atoms with E-state index in [1.807, 2.05) is 6.92 Å². The van der Waals surface area contributed by atoms with E-state index in [2.05, 4.69) is 14.7 Å². The Morgan fingerprint density at radius 1 is 1.42 bits per heavy atom. The predicted octanol–water partition coefficient (Wildman–Crippen LogP) is 2.86. The molecular formula is C18H19FN4O2S. The van der Waals surface area contributed by atoms with Crippen molar-refractivity contribution in [1.82, 2.24) is 19.6 Å². The quantitative estimate of drug-likeness (QED) is 0.569. The van der Waals surface area contributed by atoms with Crippen molar-refractivity contribution in [2.24, 2.45) is 0 Å². The van der Waals surface area contributed by atoms with Crippen LogP contribution in [0.5, 0.6) is 0 Å². The van der Waals surface area contributed by atoms with Crippen LogP contribution >= 0.6 is 11.5 Å². The summed E-state index contributed by atoms with van der Waals surface area (Å²) < 4.78 is 17.7. The van der Waals surface area contributed by atoms with Crippen LogP contribution in [0, 0.1) is 5.82 Å². The highest BCUT2D eigenvalue weighted by atomic mass is 32.1. The third kappa shape index (κ3) is 5.32. The lowest BCUT2D eigenvalue weighted by Crippen LogP contribution is -2.33. The number of nitrogens with one attached hydrogen (secondary N) is 1. The molecule has 1 N–H and O–H groups in total. The van der Waals surface area contributed by atoms with Gasteiger partial charge < -0.3 is 10.2 Å².